The number of hydrogen-bond acceptors (Lipinski definition) is 5. The molecule has 0 amide bonds. The highest BCUT2D eigenvalue weighted by Crippen LogP contribution is 2.35. The van der Waals surface area contributed by atoms with E-state index in [1.807, 2.05) is 31.2 Å². The molecule has 2 aromatic heterocycles. The van der Waals surface area contributed by atoms with Gasteiger partial charge in [0, 0.05) is 24.2 Å². The Hall–Kier alpha value is -2.99. The standard InChI is InChI=1S/C19H16N2O3S/c1-2-20-14-15(21-11-7-4-8-12-21)18(25-17(14)19(23)24)16(22)13-9-5-3-6-10-13/h3-12,20H,2H2,1H3. The summed E-state index contributed by atoms with van der Waals surface area (Å²) in [5.74, 6) is -1.52. The minimum Gasteiger partial charge on any atom is -0.544 e. The van der Waals surface area contributed by atoms with Crippen molar-refractivity contribution in [3.05, 3.63) is 76.2 Å². The topological polar surface area (TPSA) is 73.1 Å². The van der Waals surface area contributed by atoms with Gasteiger partial charge in [0.1, 0.15) is 5.69 Å². The first-order chi connectivity index (χ1) is 12.1. The van der Waals surface area contributed by atoms with Gasteiger partial charge in [-0.1, -0.05) is 36.4 Å². The molecule has 0 fully saturated rings. The fraction of sp³-hybridized carbons (Fsp3) is 0.105. The summed E-state index contributed by atoms with van der Waals surface area (Å²) in [4.78, 5) is 25.0. The quantitative estimate of drug-likeness (QED) is 0.544. The number of carbonyl (C=O) groups excluding carboxylic acids is 2. The molecule has 0 unspecified atom stereocenters. The molecule has 1 aromatic carbocycles. The number of pyridine rings is 1. The van der Waals surface area contributed by atoms with Crippen molar-refractivity contribution in [3.63, 3.8) is 0 Å². The Morgan fingerprint density at radius 2 is 1.68 bits per heavy atom. The zero-order chi connectivity index (χ0) is 17.8. The van der Waals surface area contributed by atoms with Crippen molar-refractivity contribution in [1.29, 1.82) is 0 Å². The molecule has 2 heterocycles. The second-order valence-electron chi connectivity index (χ2n) is 5.28. The number of aromatic nitrogens is 1. The molecule has 0 radical (unpaired) electrons. The first-order valence-corrected chi connectivity index (χ1v) is 8.63. The summed E-state index contributed by atoms with van der Waals surface area (Å²) in [6, 6.07) is 14.3. The van der Waals surface area contributed by atoms with E-state index in [-0.39, 0.29) is 10.7 Å². The van der Waals surface area contributed by atoms with Crippen LogP contribution in [0.15, 0.2) is 60.9 Å². The lowest BCUT2D eigenvalue weighted by atomic mass is 10.1. The van der Waals surface area contributed by atoms with Gasteiger partial charge in [0.05, 0.1) is 10.8 Å². The number of carboxylic acids is 1. The molecule has 0 saturated carbocycles. The Balaban J connectivity index is 2.25. The summed E-state index contributed by atoms with van der Waals surface area (Å²) in [6.07, 6.45) is 3.56. The molecular formula is C19H16N2O3S. The Bertz CT molecular complexity index is 905. The predicted molar refractivity (Wildman–Crippen MR) is 94.2 cm³/mol. The second kappa shape index (κ2) is 7.27. The zero-order valence-corrected chi connectivity index (χ0v) is 14.4. The van der Waals surface area contributed by atoms with Gasteiger partial charge in [-0.15, -0.1) is 11.3 Å². The third kappa shape index (κ3) is 3.29. The molecule has 6 heteroatoms. The van der Waals surface area contributed by atoms with Crippen LogP contribution in [0, 0.1) is 0 Å². The summed E-state index contributed by atoms with van der Waals surface area (Å²) < 4.78 is 1.75. The zero-order valence-electron chi connectivity index (χ0n) is 13.6. The predicted octanol–water partition coefficient (Wildman–Crippen LogP) is 2.05. The van der Waals surface area contributed by atoms with Crippen molar-refractivity contribution in [2.75, 3.05) is 11.9 Å². The van der Waals surface area contributed by atoms with E-state index in [1.165, 1.54) is 0 Å². The second-order valence-corrected chi connectivity index (χ2v) is 6.30. The number of aromatic carboxylic acids is 1. The molecular weight excluding hydrogens is 336 g/mol. The van der Waals surface area contributed by atoms with Gasteiger partial charge in [-0.25, -0.2) is 0 Å². The van der Waals surface area contributed by atoms with Crippen molar-refractivity contribution in [2.24, 2.45) is 0 Å². The highest BCUT2D eigenvalue weighted by atomic mass is 32.1. The molecule has 1 N–H and O–H groups in total. The fourth-order valence-electron chi connectivity index (χ4n) is 2.58. The van der Waals surface area contributed by atoms with Crippen LogP contribution in [-0.4, -0.2) is 18.3 Å². The third-order valence-corrected chi connectivity index (χ3v) is 4.80. The summed E-state index contributed by atoms with van der Waals surface area (Å²) in [5, 5.41) is 14.7. The number of thiophene rings is 1. The minimum absolute atomic E-state index is 0.0208. The Labute approximate surface area is 149 Å². The number of carbonyl (C=O) groups is 2. The SMILES string of the molecule is CCNc1c(C(=O)[O-])sc(C(=O)c2ccccc2)c1-[n+]1ccccc1. The largest absolute Gasteiger partial charge is 0.544 e. The van der Waals surface area contributed by atoms with Crippen LogP contribution in [0.4, 0.5) is 5.69 Å². The van der Waals surface area contributed by atoms with Gasteiger partial charge in [0.2, 0.25) is 5.78 Å². The Morgan fingerprint density at radius 1 is 1.04 bits per heavy atom. The highest BCUT2D eigenvalue weighted by Gasteiger charge is 2.30. The number of carboxylic acid groups (broad SMARTS) is 1. The van der Waals surface area contributed by atoms with E-state index in [2.05, 4.69) is 5.32 Å². The van der Waals surface area contributed by atoms with E-state index in [0.717, 1.165) is 11.3 Å². The summed E-state index contributed by atoms with van der Waals surface area (Å²) >= 11 is 0.937. The van der Waals surface area contributed by atoms with Gasteiger partial charge >= 0.3 is 0 Å². The summed E-state index contributed by atoms with van der Waals surface area (Å²) in [6.45, 7) is 2.39. The van der Waals surface area contributed by atoms with E-state index in [4.69, 9.17) is 0 Å². The van der Waals surface area contributed by atoms with Crippen LogP contribution in [0.1, 0.15) is 31.8 Å². The van der Waals surface area contributed by atoms with E-state index in [1.54, 1.807) is 41.2 Å². The maximum atomic E-state index is 13.0. The average Bonchev–Trinajstić information content (AvgIpc) is 3.02. The maximum Gasteiger partial charge on any atom is 0.256 e. The number of nitrogens with one attached hydrogen (secondary N) is 1. The van der Waals surface area contributed by atoms with Crippen LogP contribution < -0.4 is 15.0 Å². The summed E-state index contributed by atoms with van der Waals surface area (Å²) in [7, 11) is 0. The van der Waals surface area contributed by atoms with Gasteiger partial charge in [-0.05, 0) is 6.92 Å². The molecule has 0 saturated heterocycles. The fourth-order valence-corrected chi connectivity index (χ4v) is 3.65. The lowest BCUT2D eigenvalue weighted by molar-refractivity contribution is -0.594. The Morgan fingerprint density at radius 3 is 2.28 bits per heavy atom. The molecule has 3 rings (SSSR count). The van der Waals surface area contributed by atoms with Crippen LogP contribution in [0.2, 0.25) is 0 Å². The first kappa shape index (κ1) is 16.9. The molecule has 0 aliphatic rings. The van der Waals surface area contributed by atoms with Gasteiger partial charge in [0.15, 0.2) is 17.3 Å². The monoisotopic (exact) mass is 352 g/mol. The molecule has 0 bridgehead atoms. The number of anilines is 1. The normalized spacial score (nSPS) is 10.4. The van der Waals surface area contributed by atoms with Crippen LogP contribution in [0.5, 0.6) is 0 Å². The molecule has 0 spiro atoms. The van der Waals surface area contributed by atoms with Crippen molar-refractivity contribution in [1.82, 2.24) is 0 Å². The van der Waals surface area contributed by atoms with Crippen molar-refractivity contribution in [2.45, 2.75) is 6.92 Å². The van der Waals surface area contributed by atoms with Gasteiger partial charge in [-0.3, -0.25) is 4.79 Å². The van der Waals surface area contributed by atoms with Crippen LogP contribution >= 0.6 is 11.3 Å². The number of nitrogens with zero attached hydrogens (tertiary/aromatic N) is 1. The van der Waals surface area contributed by atoms with Gasteiger partial charge < -0.3 is 15.2 Å². The minimum atomic E-state index is -1.30. The molecule has 126 valence electrons. The Kier molecular flexibility index (Phi) is 4.90. The first-order valence-electron chi connectivity index (χ1n) is 7.82. The summed E-state index contributed by atoms with van der Waals surface area (Å²) in [5.41, 5.74) is 1.44. The highest BCUT2D eigenvalue weighted by molar-refractivity contribution is 7.17. The van der Waals surface area contributed by atoms with Crippen molar-refractivity contribution >= 4 is 28.8 Å². The van der Waals surface area contributed by atoms with E-state index >= 15 is 0 Å². The van der Waals surface area contributed by atoms with Crippen LogP contribution in [0.25, 0.3) is 5.69 Å². The van der Waals surface area contributed by atoms with E-state index < -0.39 is 5.97 Å². The lowest BCUT2D eigenvalue weighted by Gasteiger charge is -2.06. The van der Waals surface area contributed by atoms with Crippen molar-refractivity contribution < 1.29 is 19.3 Å². The molecule has 3 aromatic rings. The lowest BCUT2D eigenvalue weighted by Crippen LogP contribution is -2.32. The van der Waals surface area contributed by atoms with E-state index in [0.29, 0.717) is 28.4 Å². The number of ketones is 1. The molecule has 25 heavy (non-hydrogen) atoms. The van der Waals surface area contributed by atoms with Gasteiger partial charge in [0.25, 0.3) is 5.69 Å². The number of hydrogen-bond donors (Lipinski definition) is 1. The van der Waals surface area contributed by atoms with Crippen molar-refractivity contribution in [3.8, 4) is 5.69 Å². The van der Waals surface area contributed by atoms with Crippen LogP contribution in [0.3, 0.4) is 0 Å². The molecule has 0 atom stereocenters. The third-order valence-electron chi connectivity index (χ3n) is 3.64. The molecule has 0 aliphatic heterocycles. The smallest absolute Gasteiger partial charge is 0.256 e. The molecule has 5 nitrogen and oxygen atoms in total. The number of benzene rings is 1. The van der Waals surface area contributed by atoms with Crippen LogP contribution in [-0.2, 0) is 0 Å². The molecule has 0 aliphatic carbocycles. The van der Waals surface area contributed by atoms with Gasteiger partial charge in [-0.2, -0.15) is 4.57 Å². The number of rotatable bonds is 6. The average molecular weight is 352 g/mol. The maximum absolute atomic E-state index is 13.0. The van der Waals surface area contributed by atoms with E-state index in [9.17, 15) is 14.7 Å².